The van der Waals surface area contributed by atoms with Crippen molar-refractivity contribution in [3.05, 3.63) is 23.9 Å². The Balaban J connectivity index is 0.00000133. The second-order valence-corrected chi connectivity index (χ2v) is 4.39. The molecule has 19 heavy (non-hydrogen) atoms. The van der Waals surface area contributed by atoms with E-state index in [1.54, 1.807) is 12.3 Å². The topological polar surface area (TPSA) is 87.0 Å². The Labute approximate surface area is 116 Å². The van der Waals surface area contributed by atoms with Gasteiger partial charge < -0.3 is 16.0 Å². The standard InChI is InChI=1S/C12H15N5O.ClH/c13-12(18)8-1-2-10(9-7-15-16-11(8)9)17-5-3-14-4-6-17;/h1-2,7,14H,3-6H2,(H2,13,18)(H,15,16);1H. The molecule has 1 aromatic heterocycles. The van der Waals surface area contributed by atoms with Crippen molar-refractivity contribution in [1.29, 1.82) is 0 Å². The average Bonchev–Trinajstić information content (AvgIpc) is 2.87. The molecule has 0 radical (unpaired) electrons. The summed E-state index contributed by atoms with van der Waals surface area (Å²) in [6, 6.07) is 3.71. The number of hydrogen-bond acceptors (Lipinski definition) is 4. The minimum atomic E-state index is -0.434. The first kappa shape index (κ1) is 13.6. The smallest absolute Gasteiger partial charge is 0.250 e. The molecule has 0 spiro atoms. The first-order chi connectivity index (χ1) is 8.77. The van der Waals surface area contributed by atoms with Crippen molar-refractivity contribution in [3.63, 3.8) is 0 Å². The van der Waals surface area contributed by atoms with E-state index in [9.17, 15) is 4.79 Å². The van der Waals surface area contributed by atoms with Gasteiger partial charge in [0.1, 0.15) is 0 Å². The van der Waals surface area contributed by atoms with Crippen LogP contribution in [0.5, 0.6) is 0 Å². The Morgan fingerprint density at radius 3 is 2.74 bits per heavy atom. The van der Waals surface area contributed by atoms with Crippen LogP contribution in [0.4, 0.5) is 5.69 Å². The second kappa shape index (κ2) is 5.46. The van der Waals surface area contributed by atoms with Gasteiger partial charge in [0.05, 0.1) is 17.3 Å². The number of aromatic amines is 1. The summed E-state index contributed by atoms with van der Waals surface area (Å²) in [6.07, 6.45) is 1.75. The van der Waals surface area contributed by atoms with E-state index in [2.05, 4.69) is 20.4 Å². The lowest BCUT2D eigenvalue weighted by Crippen LogP contribution is -2.43. The van der Waals surface area contributed by atoms with Crippen LogP contribution in [0.15, 0.2) is 18.3 Å². The molecule has 6 nitrogen and oxygen atoms in total. The largest absolute Gasteiger partial charge is 0.368 e. The van der Waals surface area contributed by atoms with Gasteiger partial charge in [-0.3, -0.25) is 9.89 Å². The molecule has 0 saturated carbocycles. The highest BCUT2D eigenvalue weighted by atomic mass is 35.5. The molecular weight excluding hydrogens is 266 g/mol. The number of rotatable bonds is 2. The maximum atomic E-state index is 11.4. The Hall–Kier alpha value is -1.79. The van der Waals surface area contributed by atoms with Gasteiger partial charge in [-0.15, -0.1) is 12.4 Å². The van der Waals surface area contributed by atoms with Gasteiger partial charge in [-0.25, -0.2) is 0 Å². The van der Waals surface area contributed by atoms with E-state index in [0.717, 1.165) is 42.8 Å². The number of benzene rings is 1. The van der Waals surface area contributed by atoms with Gasteiger partial charge in [0, 0.05) is 37.3 Å². The third kappa shape index (κ3) is 2.36. The first-order valence-electron chi connectivity index (χ1n) is 5.99. The molecule has 1 aliphatic heterocycles. The number of nitrogens with one attached hydrogen (secondary N) is 2. The Kier molecular flexibility index (Phi) is 3.92. The van der Waals surface area contributed by atoms with E-state index in [-0.39, 0.29) is 12.4 Å². The lowest BCUT2D eigenvalue weighted by molar-refractivity contribution is 0.100. The minimum Gasteiger partial charge on any atom is -0.368 e. The van der Waals surface area contributed by atoms with Crippen LogP contribution in [0.1, 0.15) is 10.4 Å². The predicted octanol–water partition coefficient (Wildman–Crippen LogP) is 0.493. The van der Waals surface area contributed by atoms with Gasteiger partial charge in [0.15, 0.2) is 0 Å². The fourth-order valence-electron chi connectivity index (χ4n) is 2.41. The molecule has 0 atom stereocenters. The summed E-state index contributed by atoms with van der Waals surface area (Å²) in [5.41, 5.74) is 7.67. The number of primary amides is 1. The molecule has 7 heteroatoms. The predicted molar refractivity (Wildman–Crippen MR) is 76.9 cm³/mol. The summed E-state index contributed by atoms with van der Waals surface area (Å²) in [4.78, 5) is 13.6. The molecule has 1 amide bonds. The highest BCUT2D eigenvalue weighted by Crippen LogP contribution is 2.28. The number of carbonyl (C=O) groups excluding carboxylic acids is 1. The van der Waals surface area contributed by atoms with Crippen LogP contribution < -0.4 is 16.0 Å². The highest BCUT2D eigenvalue weighted by Gasteiger charge is 2.17. The van der Waals surface area contributed by atoms with Gasteiger partial charge >= 0.3 is 0 Å². The summed E-state index contributed by atoms with van der Waals surface area (Å²) in [5, 5.41) is 11.1. The third-order valence-corrected chi connectivity index (χ3v) is 3.32. The number of fused-ring (bicyclic) bond motifs is 1. The molecule has 1 fully saturated rings. The Morgan fingerprint density at radius 2 is 2.05 bits per heavy atom. The van der Waals surface area contributed by atoms with Crippen LogP contribution >= 0.6 is 12.4 Å². The number of nitrogens with two attached hydrogens (primary N) is 1. The molecule has 0 unspecified atom stereocenters. The van der Waals surface area contributed by atoms with Gasteiger partial charge in [-0.1, -0.05) is 0 Å². The minimum absolute atomic E-state index is 0. The van der Waals surface area contributed by atoms with Crippen molar-refractivity contribution < 1.29 is 4.79 Å². The second-order valence-electron chi connectivity index (χ2n) is 4.39. The molecule has 3 rings (SSSR count). The number of amides is 1. The van der Waals surface area contributed by atoms with Crippen LogP contribution in [-0.2, 0) is 0 Å². The van der Waals surface area contributed by atoms with Crippen molar-refractivity contribution in [3.8, 4) is 0 Å². The van der Waals surface area contributed by atoms with Gasteiger partial charge in [-0.2, -0.15) is 5.10 Å². The number of H-pyrrole nitrogens is 1. The van der Waals surface area contributed by atoms with Crippen molar-refractivity contribution in [2.24, 2.45) is 5.73 Å². The molecule has 0 aliphatic carbocycles. The van der Waals surface area contributed by atoms with E-state index in [0.29, 0.717) is 5.56 Å². The van der Waals surface area contributed by atoms with E-state index in [4.69, 9.17) is 5.73 Å². The van der Waals surface area contributed by atoms with Gasteiger partial charge in [-0.05, 0) is 12.1 Å². The number of hydrogen-bond donors (Lipinski definition) is 3. The third-order valence-electron chi connectivity index (χ3n) is 3.32. The molecule has 0 bridgehead atoms. The molecule has 2 heterocycles. The summed E-state index contributed by atoms with van der Waals surface area (Å²) < 4.78 is 0. The van der Waals surface area contributed by atoms with E-state index >= 15 is 0 Å². The number of nitrogens with zero attached hydrogens (tertiary/aromatic N) is 2. The van der Waals surface area contributed by atoms with Crippen LogP contribution in [0.2, 0.25) is 0 Å². The van der Waals surface area contributed by atoms with E-state index < -0.39 is 5.91 Å². The van der Waals surface area contributed by atoms with Crippen molar-refractivity contribution in [2.45, 2.75) is 0 Å². The molecule has 1 aromatic carbocycles. The molecular formula is C12H16ClN5O. The average molecular weight is 282 g/mol. The number of piperazine rings is 1. The fraction of sp³-hybridized carbons (Fsp3) is 0.333. The monoisotopic (exact) mass is 281 g/mol. The molecule has 1 aliphatic rings. The Bertz CT molecular complexity index is 591. The quantitative estimate of drug-likeness (QED) is 0.748. The first-order valence-corrected chi connectivity index (χ1v) is 5.99. The normalized spacial score (nSPS) is 15.3. The Morgan fingerprint density at radius 1 is 1.32 bits per heavy atom. The molecule has 4 N–H and O–H groups in total. The number of carbonyl (C=O) groups is 1. The van der Waals surface area contributed by atoms with Crippen molar-refractivity contribution in [2.75, 3.05) is 31.1 Å². The van der Waals surface area contributed by atoms with Crippen LogP contribution in [0, 0.1) is 0 Å². The maximum absolute atomic E-state index is 11.4. The summed E-state index contributed by atoms with van der Waals surface area (Å²) in [6.45, 7) is 3.85. The summed E-state index contributed by atoms with van der Waals surface area (Å²) in [5.74, 6) is -0.434. The zero-order chi connectivity index (χ0) is 12.5. The number of halogens is 1. The SMILES string of the molecule is Cl.NC(=O)c1ccc(N2CCNCC2)c2cn[nH]c12. The van der Waals surface area contributed by atoms with Crippen LogP contribution in [-0.4, -0.2) is 42.3 Å². The van der Waals surface area contributed by atoms with Gasteiger partial charge in [0.2, 0.25) is 0 Å². The van der Waals surface area contributed by atoms with Crippen molar-refractivity contribution in [1.82, 2.24) is 15.5 Å². The van der Waals surface area contributed by atoms with Gasteiger partial charge in [0.25, 0.3) is 5.91 Å². The molecule has 1 saturated heterocycles. The summed E-state index contributed by atoms with van der Waals surface area (Å²) >= 11 is 0. The van der Waals surface area contributed by atoms with Crippen LogP contribution in [0.25, 0.3) is 10.9 Å². The van der Waals surface area contributed by atoms with Crippen LogP contribution in [0.3, 0.4) is 0 Å². The number of anilines is 1. The van der Waals surface area contributed by atoms with Crippen molar-refractivity contribution >= 4 is 34.9 Å². The molecule has 2 aromatic rings. The fourth-order valence-corrected chi connectivity index (χ4v) is 2.41. The maximum Gasteiger partial charge on any atom is 0.250 e. The lowest BCUT2D eigenvalue weighted by Gasteiger charge is -2.30. The zero-order valence-electron chi connectivity index (χ0n) is 10.3. The number of aromatic nitrogens is 2. The zero-order valence-corrected chi connectivity index (χ0v) is 11.2. The van der Waals surface area contributed by atoms with E-state index in [1.807, 2.05) is 6.07 Å². The highest BCUT2D eigenvalue weighted by molar-refractivity contribution is 6.08. The molecule has 102 valence electrons. The van der Waals surface area contributed by atoms with E-state index in [1.165, 1.54) is 0 Å². The summed E-state index contributed by atoms with van der Waals surface area (Å²) in [7, 11) is 0. The lowest BCUT2D eigenvalue weighted by atomic mass is 10.1.